The molecule has 5 rings (SSSR count). The lowest BCUT2D eigenvalue weighted by Crippen LogP contribution is -2.29. The van der Waals surface area contributed by atoms with Gasteiger partial charge in [0.05, 0.1) is 23.6 Å². The zero-order chi connectivity index (χ0) is 22.4. The molecule has 1 amide bonds. The van der Waals surface area contributed by atoms with E-state index in [4.69, 9.17) is 9.15 Å². The van der Waals surface area contributed by atoms with Gasteiger partial charge in [-0.15, -0.1) is 0 Å². The fourth-order valence-electron chi connectivity index (χ4n) is 4.15. The van der Waals surface area contributed by atoms with Crippen LogP contribution in [0.2, 0.25) is 0 Å². The van der Waals surface area contributed by atoms with Crippen LogP contribution >= 0.6 is 0 Å². The van der Waals surface area contributed by atoms with Crippen LogP contribution in [0, 0.1) is 12.7 Å². The average molecular weight is 429 g/mol. The van der Waals surface area contributed by atoms with Crippen molar-refractivity contribution >= 4 is 22.6 Å². The minimum atomic E-state index is -0.694. The van der Waals surface area contributed by atoms with Gasteiger partial charge in [-0.1, -0.05) is 29.8 Å². The van der Waals surface area contributed by atoms with E-state index < -0.39 is 23.2 Å². The van der Waals surface area contributed by atoms with Crippen molar-refractivity contribution in [1.29, 1.82) is 0 Å². The molecule has 0 radical (unpaired) electrons. The molecule has 0 aliphatic carbocycles. The van der Waals surface area contributed by atoms with Crippen LogP contribution in [-0.4, -0.2) is 12.5 Å². The molecule has 1 atom stereocenters. The third-order valence-electron chi connectivity index (χ3n) is 5.65. The monoisotopic (exact) mass is 429 g/mol. The number of hydrogen-bond acceptors (Lipinski definition) is 4. The lowest BCUT2D eigenvalue weighted by atomic mass is 9.97. The fourth-order valence-corrected chi connectivity index (χ4v) is 4.15. The van der Waals surface area contributed by atoms with Gasteiger partial charge >= 0.3 is 0 Å². The van der Waals surface area contributed by atoms with Crippen molar-refractivity contribution in [1.82, 2.24) is 0 Å². The minimum absolute atomic E-state index is 0.0198. The molecular formula is C26H20FNO4. The van der Waals surface area contributed by atoms with Gasteiger partial charge < -0.3 is 9.15 Å². The van der Waals surface area contributed by atoms with Crippen LogP contribution in [0.5, 0.6) is 5.75 Å². The highest BCUT2D eigenvalue weighted by atomic mass is 19.1. The quantitative estimate of drug-likeness (QED) is 0.437. The number of rotatable bonds is 4. The van der Waals surface area contributed by atoms with E-state index in [1.807, 2.05) is 38.1 Å². The zero-order valence-corrected chi connectivity index (χ0v) is 17.6. The summed E-state index contributed by atoms with van der Waals surface area (Å²) in [6, 6.07) is 17.8. The van der Waals surface area contributed by atoms with Crippen molar-refractivity contribution in [2.45, 2.75) is 19.9 Å². The van der Waals surface area contributed by atoms with Gasteiger partial charge in [-0.25, -0.2) is 4.39 Å². The smallest absolute Gasteiger partial charge is 0.295 e. The summed E-state index contributed by atoms with van der Waals surface area (Å²) in [5, 5.41) is 0.113. The largest absolute Gasteiger partial charge is 0.494 e. The zero-order valence-electron chi connectivity index (χ0n) is 17.6. The van der Waals surface area contributed by atoms with Gasteiger partial charge in [-0.05, 0) is 61.9 Å². The summed E-state index contributed by atoms with van der Waals surface area (Å²) in [7, 11) is 0. The van der Waals surface area contributed by atoms with Crippen molar-refractivity contribution in [2.75, 3.05) is 11.5 Å². The standard InChI is InChI=1S/C26H20FNO4/c1-3-31-19-11-9-18(10-12-19)28-23(16-6-4-15(2)5-7-16)22-24(29)20-14-17(27)8-13-21(20)32-25(22)26(28)30/h4-14,23H,3H2,1-2H3. The van der Waals surface area contributed by atoms with E-state index in [1.54, 1.807) is 29.2 Å². The molecule has 1 aliphatic heterocycles. The first-order valence-corrected chi connectivity index (χ1v) is 10.4. The fraction of sp³-hybridized carbons (Fsp3) is 0.154. The molecule has 6 heteroatoms. The number of fused-ring (bicyclic) bond motifs is 2. The number of amides is 1. The van der Waals surface area contributed by atoms with Crippen molar-refractivity contribution < 1.29 is 18.3 Å². The molecule has 1 aliphatic rings. The number of aryl methyl sites for hydroxylation is 1. The van der Waals surface area contributed by atoms with Gasteiger partial charge in [0.25, 0.3) is 5.91 Å². The Morgan fingerprint density at radius 2 is 1.72 bits per heavy atom. The summed E-state index contributed by atoms with van der Waals surface area (Å²) in [6.45, 7) is 4.39. The molecule has 0 spiro atoms. The van der Waals surface area contributed by atoms with Crippen molar-refractivity contribution in [2.24, 2.45) is 0 Å². The molecule has 0 bridgehead atoms. The van der Waals surface area contributed by atoms with Crippen LogP contribution in [-0.2, 0) is 0 Å². The van der Waals surface area contributed by atoms with Gasteiger partial charge in [-0.2, -0.15) is 0 Å². The summed E-state index contributed by atoms with van der Waals surface area (Å²) in [4.78, 5) is 28.5. The maximum atomic E-state index is 13.9. The first kappa shape index (κ1) is 20.0. The van der Waals surface area contributed by atoms with E-state index in [-0.39, 0.29) is 22.3 Å². The number of carbonyl (C=O) groups is 1. The van der Waals surface area contributed by atoms with Crippen LogP contribution in [0.25, 0.3) is 11.0 Å². The number of anilines is 1. The van der Waals surface area contributed by atoms with Crippen LogP contribution < -0.4 is 15.1 Å². The molecule has 32 heavy (non-hydrogen) atoms. The SMILES string of the molecule is CCOc1ccc(N2C(=O)c3oc4ccc(F)cc4c(=O)c3C2c2ccc(C)cc2)cc1. The normalized spacial score (nSPS) is 15.3. The summed E-state index contributed by atoms with van der Waals surface area (Å²) in [5.74, 6) is -0.293. The Kier molecular flexibility index (Phi) is 4.78. The molecule has 0 saturated heterocycles. The highest BCUT2D eigenvalue weighted by Crippen LogP contribution is 2.41. The average Bonchev–Trinajstić information content (AvgIpc) is 3.08. The highest BCUT2D eigenvalue weighted by molar-refractivity contribution is 6.10. The summed E-state index contributed by atoms with van der Waals surface area (Å²) in [6.07, 6.45) is 0. The molecule has 1 aromatic heterocycles. The van der Waals surface area contributed by atoms with Crippen molar-refractivity contribution in [3.63, 3.8) is 0 Å². The van der Waals surface area contributed by atoms with E-state index in [9.17, 15) is 14.0 Å². The van der Waals surface area contributed by atoms with E-state index in [1.165, 1.54) is 12.1 Å². The Hall–Kier alpha value is -3.93. The maximum Gasteiger partial charge on any atom is 0.295 e. The van der Waals surface area contributed by atoms with Crippen LogP contribution in [0.4, 0.5) is 10.1 Å². The minimum Gasteiger partial charge on any atom is -0.494 e. The topological polar surface area (TPSA) is 59.8 Å². The molecule has 3 aromatic carbocycles. The number of hydrogen-bond donors (Lipinski definition) is 0. The molecule has 0 saturated carbocycles. The summed E-state index contributed by atoms with van der Waals surface area (Å²) < 4.78 is 25.3. The van der Waals surface area contributed by atoms with Gasteiger partial charge in [0.2, 0.25) is 5.76 Å². The van der Waals surface area contributed by atoms with E-state index in [0.717, 1.165) is 17.2 Å². The van der Waals surface area contributed by atoms with Gasteiger partial charge in [0, 0.05) is 5.69 Å². The molecule has 0 N–H and O–H groups in total. The lowest BCUT2D eigenvalue weighted by Gasteiger charge is -2.25. The van der Waals surface area contributed by atoms with E-state index in [2.05, 4.69) is 0 Å². The Bertz CT molecular complexity index is 1390. The second-order valence-electron chi connectivity index (χ2n) is 7.73. The number of carbonyl (C=O) groups excluding carboxylic acids is 1. The molecular weight excluding hydrogens is 409 g/mol. The third-order valence-corrected chi connectivity index (χ3v) is 5.65. The Balaban J connectivity index is 1.75. The van der Waals surface area contributed by atoms with Gasteiger partial charge in [0.1, 0.15) is 17.1 Å². The molecule has 0 fully saturated rings. The summed E-state index contributed by atoms with van der Waals surface area (Å²) >= 11 is 0. The number of ether oxygens (including phenoxy) is 1. The predicted octanol–water partition coefficient (Wildman–Crippen LogP) is 5.39. The molecule has 2 heterocycles. The third kappa shape index (κ3) is 3.15. The van der Waals surface area contributed by atoms with Crippen LogP contribution in [0.1, 0.15) is 40.2 Å². The maximum absolute atomic E-state index is 13.9. The second-order valence-corrected chi connectivity index (χ2v) is 7.73. The predicted molar refractivity (Wildman–Crippen MR) is 120 cm³/mol. The number of nitrogens with zero attached hydrogens (tertiary/aromatic N) is 1. The summed E-state index contributed by atoms with van der Waals surface area (Å²) in [5.41, 5.74) is 2.40. The van der Waals surface area contributed by atoms with E-state index in [0.29, 0.717) is 18.0 Å². The molecule has 160 valence electrons. The Morgan fingerprint density at radius 3 is 2.41 bits per heavy atom. The lowest BCUT2D eigenvalue weighted by molar-refractivity contribution is 0.0971. The number of halogens is 1. The van der Waals surface area contributed by atoms with Crippen LogP contribution in [0.15, 0.2) is 75.9 Å². The first-order chi connectivity index (χ1) is 15.5. The van der Waals surface area contributed by atoms with Crippen molar-refractivity contribution in [3.05, 3.63) is 105 Å². The molecule has 1 unspecified atom stereocenters. The Morgan fingerprint density at radius 1 is 1.00 bits per heavy atom. The molecule has 5 nitrogen and oxygen atoms in total. The second kappa shape index (κ2) is 7.64. The van der Waals surface area contributed by atoms with Crippen LogP contribution in [0.3, 0.4) is 0 Å². The number of benzene rings is 3. The first-order valence-electron chi connectivity index (χ1n) is 10.4. The van der Waals surface area contributed by atoms with Gasteiger partial charge in [0.15, 0.2) is 5.43 Å². The van der Waals surface area contributed by atoms with E-state index >= 15 is 0 Å². The highest BCUT2D eigenvalue weighted by Gasteiger charge is 2.43. The van der Waals surface area contributed by atoms with Crippen molar-refractivity contribution in [3.8, 4) is 5.75 Å². The molecule has 4 aromatic rings. The van der Waals surface area contributed by atoms with Gasteiger partial charge in [-0.3, -0.25) is 14.5 Å². The Labute approximate surface area is 183 Å².